The van der Waals surface area contributed by atoms with E-state index in [0.717, 1.165) is 21.4 Å². The molecule has 2 N–H and O–H groups in total. The van der Waals surface area contributed by atoms with E-state index in [1.54, 1.807) is 16.9 Å². The lowest BCUT2D eigenvalue weighted by molar-refractivity contribution is 0.950. The van der Waals surface area contributed by atoms with Crippen LogP contribution in [0.15, 0.2) is 47.2 Å². The second-order valence-electron chi connectivity index (χ2n) is 3.67. The minimum Gasteiger partial charge on any atom is -0.396 e. The summed E-state index contributed by atoms with van der Waals surface area (Å²) in [6.07, 6.45) is 3.37. The van der Waals surface area contributed by atoms with Crippen LogP contribution in [0.5, 0.6) is 0 Å². The first kappa shape index (κ1) is 10.3. The number of benzene rings is 1. The van der Waals surface area contributed by atoms with Gasteiger partial charge in [-0.2, -0.15) is 5.10 Å². The van der Waals surface area contributed by atoms with Crippen LogP contribution in [0, 0.1) is 0 Å². The number of anilines is 1. The van der Waals surface area contributed by atoms with Gasteiger partial charge in [0.15, 0.2) is 5.65 Å². The van der Waals surface area contributed by atoms with E-state index in [4.69, 9.17) is 5.73 Å². The van der Waals surface area contributed by atoms with Crippen molar-refractivity contribution in [2.24, 2.45) is 0 Å². The van der Waals surface area contributed by atoms with Gasteiger partial charge in [-0.05, 0) is 12.1 Å². The van der Waals surface area contributed by atoms with Crippen molar-refractivity contribution in [3.8, 4) is 11.3 Å². The summed E-state index contributed by atoms with van der Waals surface area (Å²) in [5.41, 5.74) is 9.26. The highest BCUT2D eigenvalue weighted by atomic mass is 79.9. The molecule has 0 spiro atoms. The zero-order chi connectivity index (χ0) is 11.8. The highest BCUT2D eigenvalue weighted by molar-refractivity contribution is 9.10. The van der Waals surface area contributed by atoms with Crippen molar-refractivity contribution < 1.29 is 0 Å². The van der Waals surface area contributed by atoms with Gasteiger partial charge in [-0.25, -0.2) is 9.50 Å². The molecular formula is C12H9BrN4. The summed E-state index contributed by atoms with van der Waals surface area (Å²) in [5, 5.41) is 4.24. The number of nitrogens with zero attached hydrogens (tertiary/aromatic N) is 3. The van der Waals surface area contributed by atoms with Gasteiger partial charge in [0.25, 0.3) is 0 Å². The zero-order valence-electron chi connectivity index (χ0n) is 8.84. The number of halogens is 1. The maximum Gasteiger partial charge on any atom is 0.155 e. The minimum absolute atomic E-state index is 0.610. The number of rotatable bonds is 1. The molecule has 0 atom stereocenters. The molecule has 4 nitrogen and oxygen atoms in total. The monoisotopic (exact) mass is 288 g/mol. The molecule has 0 saturated carbocycles. The number of hydrogen-bond acceptors (Lipinski definition) is 3. The number of aromatic nitrogens is 3. The van der Waals surface area contributed by atoms with E-state index < -0.39 is 0 Å². The van der Waals surface area contributed by atoms with Crippen LogP contribution in [0.1, 0.15) is 0 Å². The van der Waals surface area contributed by atoms with Gasteiger partial charge in [0.05, 0.1) is 23.8 Å². The second kappa shape index (κ2) is 3.85. The molecule has 0 saturated heterocycles. The molecular weight excluding hydrogens is 280 g/mol. The maximum atomic E-state index is 5.99. The molecule has 84 valence electrons. The number of fused-ring (bicyclic) bond motifs is 1. The average Bonchev–Trinajstić information content (AvgIpc) is 2.76. The molecule has 3 aromatic rings. The van der Waals surface area contributed by atoms with Crippen LogP contribution in [0.3, 0.4) is 0 Å². The Bertz CT molecular complexity index is 690. The summed E-state index contributed by atoms with van der Waals surface area (Å²) in [4.78, 5) is 4.21. The summed E-state index contributed by atoms with van der Waals surface area (Å²) < 4.78 is 2.75. The van der Waals surface area contributed by atoms with Gasteiger partial charge in [0.2, 0.25) is 0 Å². The van der Waals surface area contributed by atoms with Crippen molar-refractivity contribution in [2.75, 3.05) is 5.73 Å². The first-order valence-corrected chi connectivity index (χ1v) is 5.89. The third-order valence-electron chi connectivity index (χ3n) is 2.54. The Kier molecular flexibility index (Phi) is 2.33. The van der Waals surface area contributed by atoms with Crippen molar-refractivity contribution in [1.82, 2.24) is 14.6 Å². The molecule has 3 rings (SSSR count). The van der Waals surface area contributed by atoms with Crippen LogP contribution in [0.25, 0.3) is 16.9 Å². The fourth-order valence-corrected chi connectivity index (χ4v) is 2.21. The van der Waals surface area contributed by atoms with Crippen LogP contribution in [-0.4, -0.2) is 14.6 Å². The lowest BCUT2D eigenvalue weighted by atomic mass is 10.1. The molecule has 0 aliphatic rings. The molecule has 17 heavy (non-hydrogen) atoms. The Morgan fingerprint density at radius 1 is 1.24 bits per heavy atom. The lowest BCUT2D eigenvalue weighted by Gasteiger charge is -2.08. The standard InChI is InChI=1S/C12H9BrN4/c13-9-3-1-2-8(6-9)12-10(14)7-15-11-4-5-16-17(11)12/h1-7H,14H2. The molecule has 1 aromatic carbocycles. The molecule has 2 aromatic heterocycles. The van der Waals surface area contributed by atoms with Gasteiger partial charge in [-0.15, -0.1) is 0 Å². The summed E-state index contributed by atoms with van der Waals surface area (Å²) in [7, 11) is 0. The van der Waals surface area contributed by atoms with E-state index in [-0.39, 0.29) is 0 Å². The molecule has 5 heteroatoms. The number of hydrogen-bond donors (Lipinski definition) is 1. The van der Waals surface area contributed by atoms with Crippen molar-refractivity contribution in [1.29, 1.82) is 0 Å². The van der Waals surface area contributed by atoms with Gasteiger partial charge in [-0.1, -0.05) is 28.1 Å². The molecule has 0 radical (unpaired) electrons. The van der Waals surface area contributed by atoms with Gasteiger partial charge < -0.3 is 5.73 Å². The van der Waals surface area contributed by atoms with Gasteiger partial charge >= 0.3 is 0 Å². The maximum absolute atomic E-state index is 5.99. The first-order valence-electron chi connectivity index (χ1n) is 5.10. The van der Waals surface area contributed by atoms with E-state index in [2.05, 4.69) is 26.0 Å². The van der Waals surface area contributed by atoms with E-state index in [9.17, 15) is 0 Å². The third-order valence-corrected chi connectivity index (χ3v) is 3.04. The predicted molar refractivity (Wildman–Crippen MR) is 70.5 cm³/mol. The van der Waals surface area contributed by atoms with Crippen molar-refractivity contribution in [2.45, 2.75) is 0 Å². The molecule has 0 bridgehead atoms. The molecule has 0 aliphatic heterocycles. The highest BCUT2D eigenvalue weighted by Crippen LogP contribution is 2.27. The Hall–Kier alpha value is -1.88. The molecule has 0 unspecified atom stereocenters. The van der Waals surface area contributed by atoms with E-state index in [1.807, 2.05) is 30.3 Å². The topological polar surface area (TPSA) is 56.2 Å². The van der Waals surface area contributed by atoms with Crippen molar-refractivity contribution in [3.63, 3.8) is 0 Å². The smallest absolute Gasteiger partial charge is 0.155 e. The third kappa shape index (κ3) is 1.68. The fourth-order valence-electron chi connectivity index (χ4n) is 1.81. The van der Waals surface area contributed by atoms with Crippen molar-refractivity contribution >= 4 is 27.3 Å². The largest absolute Gasteiger partial charge is 0.396 e. The first-order chi connectivity index (χ1) is 8.25. The Labute approximate surface area is 106 Å². The van der Waals surface area contributed by atoms with Gasteiger partial charge in [0.1, 0.15) is 0 Å². The summed E-state index contributed by atoms with van der Waals surface area (Å²) in [5.74, 6) is 0. The molecule has 0 fully saturated rings. The van der Waals surface area contributed by atoms with Crippen molar-refractivity contribution in [3.05, 3.63) is 47.2 Å². The number of nitrogens with two attached hydrogens (primary N) is 1. The Morgan fingerprint density at radius 3 is 2.94 bits per heavy atom. The molecule has 0 aliphatic carbocycles. The van der Waals surface area contributed by atoms with Crippen LogP contribution in [0.2, 0.25) is 0 Å². The molecule has 2 heterocycles. The fraction of sp³-hybridized carbons (Fsp3) is 0. The predicted octanol–water partition coefficient (Wildman–Crippen LogP) is 2.74. The van der Waals surface area contributed by atoms with Crippen LogP contribution in [0.4, 0.5) is 5.69 Å². The van der Waals surface area contributed by atoms with Crippen LogP contribution < -0.4 is 5.73 Å². The summed E-state index contributed by atoms with van der Waals surface area (Å²) >= 11 is 3.45. The Morgan fingerprint density at radius 2 is 2.12 bits per heavy atom. The SMILES string of the molecule is Nc1cnc2ccnn2c1-c1cccc(Br)c1. The summed E-state index contributed by atoms with van der Waals surface area (Å²) in [6.45, 7) is 0. The van der Waals surface area contributed by atoms with E-state index in [1.165, 1.54) is 0 Å². The van der Waals surface area contributed by atoms with Gasteiger partial charge in [-0.3, -0.25) is 0 Å². The quantitative estimate of drug-likeness (QED) is 0.749. The second-order valence-corrected chi connectivity index (χ2v) is 4.59. The van der Waals surface area contributed by atoms with E-state index >= 15 is 0 Å². The summed E-state index contributed by atoms with van der Waals surface area (Å²) in [6, 6.07) is 9.79. The lowest BCUT2D eigenvalue weighted by Crippen LogP contribution is -2.01. The minimum atomic E-state index is 0.610. The molecule has 0 amide bonds. The van der Waals surface area contributed by atoms with Crippen LogP contribution >= 0.6 is 15.9 Å². The van der Waals surface area contributed by atoms with Crippen LogP contribution in [-0.2, 0) is 0 Å². The average molecular weight is 289 g/mol. The zero-order valence-corrected chi connectivity index (χ0v) is 10.4. The number of nitrogen functional groups attached to an aromatic ring is 1. The normalized spacial score (nSPS) is 10.9. The Balaban J connectivity index is 2.36. The van der Waals surface area contributed by atoms with Gasteiger partial charge in [0, 0.05) is 16.1 Å². The highest BCUT2D eigenvalue weighted by Gasteiger charge is 2.09. The van der Waals surface area contributed by atoms with E-state index in [0.29, 0.717) is 5.69 Å².